The lowest BCUT2D eigenvalue weighted by atomic mass is 10.1. The van der Waals surface area contributed by atoms with Gasteiger partial charge >= 0.3 is 0 Å². The molecule has 0 saturated heterocycles. The average Bonchev–Trinajstić information content (AvgIpc) is 2.61. The summed E-state index contributed by atoms with van der Waals surface area (Å²) in [6.45, 7) is 5.47. The van der Waals surface area contributed by atoms with Crippen molar-refractivity contribution >= 4 is 33.2 Å². The van der Waals surface area contributed by atoms with E-state index < -0.39 is 15.9 Å². The van der Waals surface area contributed by atoms with E-state index in [9.17, 15) is 13.2 Å². The number of amides is 1. The van der Waals surface area contributed by atoms with Crippen molar-refractivity contribution in [2.45, 2.75) is 38.5 Å². The maximum atomic E-state index is 12.4. The van der Waals surface area contributed by atoms with Crippen LogP contribution >= 0.6 is 11.6 Å². The third-order valence-electron chi connectivity index (χ3n) is 4.20. The number of carbonyl (C=O) groups is 1. The summed E-state index contributed by atoms with van der Waals surface area (Å²) in [5, 5.41) is 2.78. The second kappa shape index (κ2) is 9.35. The molecule has 0 saturated carbocycles. The lowest BCUT2D eigenvalue weighted by molar-refractivity contribution is -0.115. The van der Waals surface area contributed by atoms with Crippen LogP contribution in [0.4, 0.5) is 5.69 Å². The Morgan fingerprint density at radius 3 is 2.19 bits per heavy atom. The largest absolute Gasteiger partial charge is 0.324 e. The third kappa shape index (κ3) is 6.06. The SMILES string of the molecule is Cc1cc(C)c(NC(=O)CNS(=O)(=O)c2ccc(CCCCl)cc2)c(C)c1. The number of anilines is 1. The second-order valence-corrected chi connectivity index (χ2v) is 8.73. The van der Waals surface area contributed by atoms with Crippen LogP contribution in [0, 0.1) is 20.8 Å². The van der Waals surface area contributed by atoms with Gasteiger partial charge in [0.1, 0.15) is 0 Å². The van der Waals surface area contributed by atoms with Crippen molar-refractivity contribution in [1.29, 1.82) is 0 Å². The van der Waals surface area contributed by atoms with E-state index in [4.69, 9.17) is 11.6 Å². The van der Waals surface area contributed by atoms with Crippen molar-refractivity contribution in [1.82, 2.24) is 4.72 Å². The predicted molar refractivity (Wildman–Crippen MR) is 110 cm³/mol. The first-order valence-corrected chi connectivity index (χ1v) is 10.8. The molecule has 0 radical (unpaired) electrons. The molecule has 2 rings (SSSR count). The molecule has 27 heavy (non-hydrogen) atoms. The van der Waals surface area contributed by atoms with Crippen LogP contribution in [0.5, 0.6) is 0 Å². The number of sulfonamides is 1. The van der Waals surface area contributed by atoms with E-state index in [-0.39, 0.29) is 11.4 Å². The minimum absolute atomic E-state index is 0.132. The molecule has 0 aliphatic heterocycles. The minimum atomic E-state index is -3.75. The molecule has 7 heteroatoms. The summed E-state index contributed by atoms with van der Waals surface area (Å²) in [5.41, 5.74) is 4.73. The van der Waals surface area contributed by atoms with Gasteiger partial charge in [0.15, 0.2) is 0 Å². The van der Waals surface area contributed by atoms with Crippen molar-refractivity contribution in [2.75, 3.05) is 17.7 Å². The average molecular weight is 409 g/mol. The zero-order valence-electron chi connectivity index (χ0n) is 15.8. The predicted octanol–water partition coefficient (Wildman–Crippen LogP) is 3.70. The maximum Gasteiger partial charge on any atom is 0.241 e. The Balaban J connectivity index is 1.99. The first-order chi connectivity index (χ1) is 12.7. The summed E-state index contributed by atoms with van der Waals surface area (Å²) in [7, 11) is -3.75. The molecule has 0 fully saturated rings. The molecule has 5 nitrogen and oxygen atoms in total. The van der Waals surface area contributed by atoms with E-state index in [0.717, 1.165) is 35.1 Å². The number of rotatable bonds is 8. The number of benzene rings is 2. The van der Waals surface area contributed by atoms with Gasteiger partial charge in [0.25, 0.3) is 0 Å². The normalized spacial score (nSPS) is 11.4. The van der Waals surface area contributed by atoms with E-state index in [1.54, 1.807) is 12.1 Å². The minimum Gasteiger partial charge on any atom is -0.324 e. The molecule has 0 spiro atoms. The number of nitrogens with one attached hydrogen (secondary N) is 2. The highest BCUT2D eigenvalue weighted by molar-refractivity contribution is 7.89. The first kappa shape index (κ1) is 21.4. The first-order valence-electron chi connectivity index (χ1n) is 8.75. The number of hydrogen-bond acceptors (Lipinski definition) is 3. The zero-order valence-corrected chi connectivity index (χ0v) is 17.4. The van der Waals surface area contributed by atoms with Gasteiger partial charge in [0.2, 0.25) is 15.9 Å². The molecule has 1 amide bonds. The van der Waals surface area contributed by atoms with E-state index in [0.29, 0.717) is 11.6 Å². The van der Waals surface area contributed by atoms with E-state index in [2.05, 4.69) is 10.0 Å². The topological polar surface area (TPSA) is 75.3 Å². The van der Waals surface area contributed by atoms with E-state index in [1.807, 2.05) is 32.9 Å². The molecule has 0 aromatic heterocycles. The highest BCUT2D eigenvalue weighted by atomic mass is 35.5. The Hall–Kier alpha value is -1.89. The summed E-state index contributed by atoms with van der Waals surface area (Å²) in [6, 6.07) is 10.5. The molecule has 0 atom stereocenters. The molecule has 2 aromatic carbocycles. The number of aryl methyl sites for hydroxylation is 4. The van der Waals surface area contributed by atoms with Gasteiger partial charge in [-0.15, -0.1) is 11.6 Å². The molecule has 0 aliphatic carbocycles. The summed E-state index contributed by atoms with van der Waals surface area (Å²) >= 11 is 5.67. The van der Waals surface area contributed by atoms with Crippen LogP contribution in [0.25, 0.3) is 0 Å². The number of halogens is 1. The summed E-state index contributed by atoms with van der Waals surface area (Å²) < 4.78 is 27.1. The fourth-order valence-corrected chi connectivity index (χ4v) is 4.03. The molecule has 0 unspecified atom stereocenters. The van der Waals surface area contributed by atoms with Crippen LogP contribution in [-0.2, 0) is 21.2 Å². The monoisotopic (exact) mass is 408 g/mol. The van der Waals surface area contributed by atoms with Gasteiger partial charge in [-0.3, -0.25) is 4.79 Å². The van der Waals surface area contributed by atoms with Gasteiger partial charge < -0.3 is 5.32 Å². The quantitative estimate of drug-likeness (QED) is 0.654. The van der Waals surface area contributed by atoms with Crippen LogP contribution in [-0.4, -0.2) is 26.7 Å². The van der Waals surface area contributed by atoms with Crippen LogP contribution in [0.2, 0.25) is 0 Å². The smallest absolute Gasteiger partial charge is 0.241 e. The Morgan fingerprint density at radius 1 is 1.04 bits per heavy atom. The molecule has 2 aromatic rings. The van der Waals surface area contributed by atoms with E-state index >= 15 is 0 Å². The van der Waals surface area contributed by atoms with Gasteiger partial charge in [-0.1, -0.05) is 29.8 Å². The van der Waals surface area contributed by atoms with Gasteiger partial charge in [-0.2, -0.15) is 0 Å². The molecular formula is C20H25ClN2O3S. The molecule has 2 N–H and O–H groups in total. The van der Waals surface area contributed by atoms with Crippen molar-refractivity contribution in [3.63, 3.8) is 0 Å². The maximum absolute atomic E-state index is 12.4. The van der Waals surface area contributed by atoms with Crippen molar-refractivity contribution < 1.29 is 13.2 Å². The molecular weight excluding hydrogens is 384 g/mol. The van der Waals surface area contributed by atoms with Crippen LogP contribution in [0.3, 0.4) is 0 Å². The summed E-state index contributed by atoms with van der Waals surface area (Å²) in [4.78, 5) is 12.3. The molecule has 0 heterocycles. The fourth-order valence-electron chi connectivity index (χ4n) is 2.91. The van der Waals surface area contributed by atoms with Crippen LogP contribution < -0.4 is 10.0 Å². The lowest BCUT2D eigenvalue weighted by Crippen LogP contribution is -2.33. The standard InChI is InChI=1S/C20H25ClN2O3S/c1-14-11-15(2)20(16(3)12-14)23-19(24)13-22-27(25,26)18-8-6-17(7-9-18)5-4-10-21/h6-9,11-12,22H,4-5,10,13H2,1-3H3,(H,23,24). The van der Waals surface area contributed by atoms with Crippen molar-refractivity contribution in [3.05, 3.63) is 58.7 Å². The highest BCUT2D eigenvalue weighted by Gasteiger charge is 2.16. The zero-order chi connectivity index (χ0) is 20.0. The number of hydrogen-bond donors (Lipinski definition) is 2. The molecule has 0 bridgehead atoms. The van der Waals surface area contributed by atoms with Gasteiger partial charge in [0.05, 0.1) is 11.4 Å². The number of alkyl halides is 1. The Kier molecular flexibility index (Phi) is 7.41. The van der Waals surface area contributed by atoms with Crippen molar-refractivity contribution in [2.24, 2.45) is 0 Å². The van der Waals surface area contributed by atoms with Crippen LogP contribution in [0.15, 0.2) is 41.3 Å². The number of carbonyl (C=O) groups excluding carboxylic acids is 1. The van der Waals surface area contributed by atoms with Gasteiger partial charge in [-0.25, -0.2) is 13.1 Å². The Labute approximate surface area is 166 Å². The van der Waals surface area contributed by atoms with Gasteiger partial charge in [-0.05, 0) is 62.4 Å². The summed E-state index contributed by atoms with van der Waals surface area (Å²) in [5.74, 6) is 0.156. The second-order valence-electron chi connectivity index (χ2n) is 6.58. The van der Waals surface area contributed by atoms with Gasteiger partial charge in [0, 0.05) is 11.6 Å². The third-order valence-corrected chi connectivity index (χ3v) is 5.88. The van der Waals surface area contributed by atoms with Crippen molar-refractivity contribution in [3.8, 4) is 0 Å². The Morgan fingerprint density at radius 2 is 1.63 bits per heavy atom. The molecule has 146 valence electrons. The lowest BCUT2D eigenvalue weighted by Gasteiger charge is -2.13. The summed E-state index contributed by atoms with van der Waals surface area (Å²) in [6.07, 6.45) is 1.64. The fraction of sp³-hybridized carbons (Fsp3) is 0.350. The Bertz CT molecular complexity index is 886. The van der Waals surface area contributed by atoms with Crippen LogP contribution in [0.1, 0.15) is 28.7 Å². The molecule has 0 aliphatic rings. The van der Waals surface area contributed by atoms with E-state index in [1.165, 1.54) is 12.1 Å². The highest BCUT2D eigenvalue weighted by Crippen LogP contribution is 2.21.